The lowest BCUT2D eigenvalue weighted by Gasteiger charge is -2.36. The summed E-state index contributed by atoms with van der Waals surface area (Å²) in [5, 5.41) is 4.81. The third-order valence-electron chi connectivity index (χ3n) is 7.11. The zero-order valence-electron chi connectivity index (χ0n) is 25.3. The first-order chi connectivity index (χ1) is 20.9. The van der Waals surface area contributed by atoms with Gasteiger partial charge in [-0.05, 0) is 69.7 Å². The molecule has 1 aliphatic heterocycles. The maximum atomic E-state index is 15.8. The molecule has 5 rings (SSSR count). The van der Waals surface area contributed by atoms with E-state index in [0.29, 0.717) is 43.9 Å². The number of amides is 1. The largest absolute Gasteiger partial charge is 0.444 e. The molecular formula is C32H37FN6O4S. The van der Waals surface area contributed by atoms with Gasteiger partial charge in [0, 0.05) is 67.1 Å². The normalized spacial score (nSPS) is 14.0. The lowest BCUT2D eigenvalue weighted by atomic mass is 10.0. The predicted molar refractivity (Wildman–Crippen MR) is 170 cm³/mol. The Labute approximate surface area is 257 Å². The van der Waals surface area contributed by atoms with Crippen molar-refractivity contribution in [3.05, 3.63) is 79.0 Å². The van der Waals surface area contributed by atoms with Crippen LogP contribution in [-0.2, 0) is 14.8 Å². The maximum Gasteiger partial charge on any atom is 0.410 e. The molecule has 1 saturated heterocycles. The standard InChI is InChI=1S/C32H37FN6O4S/c1-5-21-44(41,42)36-28-8-6-7-26(29(28)33)27-22-39(35-30(27)23-13-15-34-16-14-23)25-11-9-24(10-12-25)37-17-19-38(20-18-37)31(40)43-32(2,3)4/h6-16,22,36H,5,17-21H2,1-4H3. The second-order valence-electron chi connectivity index (χ2n) is 11.6. The topological polar surface area (TPSA) is 110 Å². The van der Waals surface area contributed by atoms with Crippen molar-refractivity contribution in [2.45, 2.75) is 39.7 Å². The van der Waals surface area contributed by atoms with E-state index in [-0.39, 0.29) is 23.1 Å². The Morgan fingerprint density at radius 2 is 1.61 bits per heavy atom. The number of nitrogens with zero attached hydrogens (tertiary/aromatic N) is 5. The average molecular weight is 621 g/mol. The van der Waals surface area contributed by atoms with Gasteiger partial charge >= 0.3 is 6.09 Å². The van der Waals surface area contributed by atoms with E-state index < -0.39 is 21.4 Å². The van der Waals surface area contributed by atoms with Crippen LogP contribution in [0.2, 0.25) is 0 Å². The molecule has 0 atom stereocenters. The van der Waals surface area contributed by atoms with Crippen LogP contribution >= 0.6 is 0 Å². The summed E-state index contributed by atoms with van der Waals surface area (Å²) in [7, 11) is -3.68. The van der Waals surface area contributed by atoms with Gasteiger partial charge in [-0.15, -0.1) is 0 Å². The van der Waals surface area contributed by atoms with Gasteiger partial charge in [0.1, 0.15) is 11.3 Å². The highest BCUT2D eigenvalue weighted by molar-refractivity contribution is 7.92. The maximum absolute atomic E-state index is 15.8. The first-order valence-electron chi connectivity index (χ1n) is 14.6. The van der Waals surface area contributed by atoms with Gasteiger partial charge in [-0.25, -0.2) is 22.3 Å². The predicted octanol–water partition coefficient (Wildman–Crippen LogP) is 5.95. The van der Waals surface area contributed by atoms with Crippen molar-refractivity contribution < 1.29 is 22.3 Å². The van der Waals surface area contributed by atoms with Gasteiger partial charge in [-0.2, -0.15) is 5.10 Å². The Balaban J connectivity index is 1.41. The molecule has 1 N–H and O–H groups in total. The number of hydrogen-bond acceptors (Lipinski definition) is 7. The molecule has 10 nitrogen and oxygen atoms in total. The summed E-state index contributed by atoms with van der Waals surface area (Å²) in [6.07, 6.45) is 5.14. The first-order valence-corrected chi connectivity index (χ1v) is 16.2. The summed E-state index contributed by atoms with van der Waals surface area (Å²) in [5.74, 6) is -0.783. The van der Waals surface area contributed by atoms with E-state index >= 15 is 4.39 Å². The van der Waals surface area contributed by atoms with Gasteiger partial charge in [0.15, 0.2) is 5.82 Å². The zero-order chi connectivity index (χ0) is 31.5. The smallest absolute Gasteiger partial charge is 0.410 e. The fourth-order valence-electron chi connectivity index (χ4n) is 5.02. The molecule has 0 radical (unpaired) electrons. The number of sulfonamides is 1. The van der Waals surface area contributed by atoms with Crippen molar-refractivity contribution in [2.24, 2.45) is 0 Å². The molecular weight excluding hydrogens is 583 g/mol. The van der Waals surface area contributed by atoms with E-state index in [0.717, 1.165) is 16.9 Å². The molecule has 12 heteroatoms. The Morgan fingerprint density at radius 1 is 0.955 bits per heavy atom. The molecule has 1 amide bonds. The highest BCUT2D eigenvalue weighted by Gasteiger charge is 2.26. The highest BCUT2D eigenvalue weighted by Crippen LogP contribution is 2.36. The van der Waals surface area contributed by atoms with Crippen LogP contribution in [0.5, 0.6) is 0 Å². The van der Waals surface area contributed by atoms with Crippen molar-refractivity contribution >= 4 is 27.5 Å². The monoisotopic (exact) mass is 620 g/mol. The van der Waals surface area contributed by atoms with Crippen LogP contribution in [-0.4, -0.2) is 71.7 Å². The molecule has 0 unspecified atom stereocenters. The minimum absolute atomic E-state index is 0.105. The summed E-state index contributed by atoms with van der Waals surface area (Å²) in [6, 6.07) is 16.1. The van der Waals surface area contributed by atoms with E-state index in [4.69, 9.17) is 9.84 Å². The highest BCUT2D eigenvalue weighted by atomic mass is 32.2. The van der Waals surface area contributed by atoms with Crippen molar-refractivity contribution in [1.29, 1.82) is 0 Å². The van der Waals surface area contributed by atoms with Crippen LogP contribution in [0, 0.1) is 5.82 Å². The lowest BCUT2D eigenvalue weighted by Crippen LogP contribution is -2.50. The minimum atomic E-state index is -3.68. The van der Waals surface area contributed by atoms with E-state index in [1.54, 1.807) is 59.4 Å². The number of piperazine rings is 1. The van der Waals surface area contributed by atoms with Gasteiger partial charge in [0.05, 0.1) is 17.1 Å². The van der Waals surface area contributed by atoms with E-state index in [1.807, 2.05) is 45.0 Å². The van der Waals surface area contributed by atoms with Crippen molar-refractivity contribution in [2.75, 3.05) is 41.6 Å². The molecule has 3 heterocycles. The van der Waals surface area contributed by atoms with Gasteiger partial charge in [0.25, 0.3) is 0 Å². The Hall–Kier alpha value is -4.45. The summed E-state index contributed by atoms with van der Waals surface area (Å²) in [6.45, 7) is 9.80. The molecule has 1 fully saturated rings. The average Bonchev–Trinajstić information content (AvgIpc) is 3.43. The number of pyridine rings is 1. The molecule has 44 heavy (non-hydrogen) atoms. The molecule has 2 aromatic heterocycles. The molecule has 0 bridgehead atoms. The molecule has 0 aliphatic carbocycles. The quantitative estimate of drug-likeness (QED) is 0.259. The minimum Gasteiger partial charge on any atom is -0.444 e. The number of carbonyl (C=O) groups excluding carboxylic acids is 1. The summed E-state index contributed by atoms with van der Waals surface area (Å²) >= 11 is 0. The van der Waals surface area contributed by atoms with Crippen LogP contribution < -0.4 is 9.62 Å². The van der Waals surface area contributed by atoms with E-state index in [9.17, 15) is 13.2 Å². The first kappa shape index (κ1) is 31.0. The summed E-state index contributed by atoms with van der Waals surface area (Å²) in [4.78, 5) is 20.5. The molecule has 232 valence electrons. The van der Waals surface area contributed by atoms with Crippen molar-refractivity contribution in [3.8, 4) is 28.1 Å². The van der Waals surface area contributed by atoms with Crippen LogP contribution in [0.4, 0.5) is 20.6 Å². The third kappa shape index (κ3) is 7.19. The summed E-state index contributed by atoms with van der Waals surface area (Å²) in [5.41, 5.74) is 3.13. The lowest BCUT2D eigenvalue weighted by molar-refractivity contribution is 0.0240. The molecule has 4 aromatic rings. The number of benzene rings is 2. The fraction of sp³-hybridized carbons (Fsp3) is 0.344. The zero-order valence-corrected chi connectivity index (χ0v) is 26.1. The van der Waals surface area contributed by atoms with Crippen LogP contribution in [0.15, 0.2) is 73.2 Å². The van der Waals surface area contributed by atoms with Crippen LogP contribution in [0.1, 0.15) is 34.1 Å². The third-order valence-corrected chi connectivity index (χ3v) is 8.58. The molecule has 2 aromatic carbocycles. The second kappa shape index (κ2) is 12.7. The fourth-order valence-corrected chi connectivity index (χ4v) is 6.15. The second-order valence-corrected chi connectivity index (χ2v) is 13.5. The number of aromatic nitrogens is 3. The number of ether oxygens (including phenoxy) is 1. The molecule has 0 saturated carbocycles. The van der Waals surface area contributed by atoms with Crippen LogP contribution in [0.25, 0.3) is 28.1 Å². The van der Waals surface area contributed by atoms with Gasteiger partial charge in [0.2, 0.25) is 10.0 Å². The number of nitrogens with one attached hydrogen (secondary N) is 1. The van der Waals surface area contributed by atoms with Gasteiger partial charge in [-0.1, -0.05) is 19.1 Å². The van der Waals surface area contributed by atoms with Gasteiger partial charge in [-0.3, -0.25) is 9.71 Å². The number of hydrogen-bond donors (Lipinski definition) is 1. The Morgan fingerprint density at radius 3 is 2.25 bits per heavy atom. The Bertz CT molecular complexity index is 1710. The summed E-state index contributed by atoms with van der Waals surface area (Å²) < 4.78 is 50.2. The molecule has 0 spiro atoms. The van der Waals surface area contributed by atoms with E-state index in [2.05, 4.69) is 14.6 Å². The van der Waals surface area contributed by atoms with Gasteiger partial charge < -0.3 is 14.5 Å². The number of anilines is 2. The van der Waals surface area contributed by atoms with E-state index in [1.165, 1.54) is 6.07 Å². The number of rotatable bonds is 8. The number of halogens is 1. The molecule has 1 aliphatic rings. The SMILES string of the molecule is CCCS(=O)(=O)Nc1cccc(-c2cn(-c3ccc(N4CCN(C(=O)OC(C)(C)C)CC4)cc3)nc2-c2ccncc2)c1F. The number of carbonyl (C=O) groups is 1. The van der Waals surface area contributed by atoms with Crippen LogP contribution in [0.3, 0.4) is 0 Å². The van der Waals surface area contributed by atoms with Crippen molar-refractivity contribution in [3.63, 3.8) is 0 Å². The Kier molecular flexibility index (Phi) is 8.91. The van der Waals surface area contributed by atoms with Crippen molar-refractivity contribution in [1.82, 2.24) is 19.7 Å².